The lowest BCUT2D eigenvalue weighted by atomic mass is 9.82. The van der Waals surface area contributed by atoms with E-state index in [2.05, 4.69) is 70.8 Å². The van der Waals surface area contributed by atoms with Crippen molar-refractivity contribution in [3.05, 3.63) is 0 Å². The van der Waals surface area contributed by atoms with Crippen LogP contribution in [-0.2, 0) is 4.74 Å². The zero-order chi connectivity index (χ0) is 16.0. The predicted octanol–water partition coefficient (Wildman–Crippen LogP) is 1.80. The van der Waals surface area contributed by atoms with Gasteiger partial charge in [-0.15, -0.1) is 0 Å². The van der Waals surface area contributed by atoms with Crippen LogP contribution < -0.4 is 5.32 Å². The third-order valence-electron chi connectivity index (χ3n) is 5.77. The van der Waals surface area contributed by atoms with Gasteiger partial charge in [-0.25, -0.2) is 0 Å². The number of nitrogens with zero attached hydrogens (tertiary/aromatic N) is 2. The first-order valence-electron chi connectivity index (χ1n) is 8.40. The fraction of sp³-hybridized carbons (Fsp3) is 1.00. The molecular weight excluding hydrogens is 262 g/mol. The summed E-state index contributed by atoms with van der Waals surface area (Å²) in [6.45, 7) is 17.0. The summed E-state index contributed by atoms with van der Waals surface area (Å²) in [7, 11) is 4.31. The molecule has 0 aliphatic carbocycles. The van der Waals surface area contributed by atoms with E-state index in [0.29, 0.717) is 24.0 Å². The molecule has 0 aromatic heterocycles. The van der Waals surface area contributed by atoms with Gasteiger partial charge in [0.25, 0.3) is 0 Å². The van der Waals surface area contributed by atoms with E-state index in [4.69, 9.17) is 4.74 Å². The van der Waals surface area contributed by atoms with Crippen LogP contribution in [0, 0.1) is 5.92 Å². The van der Waals surface area contributed by atoms with Gasteiger partial charge in [0, 0.05) is 43.7 Å². The Bertz CT molecular complexity index is 357. The Kier molecular flexibility index (Phi) is 4.75. The molecule has 0 aromatic rings. The highest BCUT2D eigenvalue weighted by molar-refractivity contribution is 5.06. The number of hydrogen-bond donors (Lipinski definition) is 1. The number of rotatable bonds is 3. The molecular formula is C17H35N3O. The van der Waals surface area contributed by atoms with Crippen molar-refractivity contribution >= 4 is 0 Å². The topological polar surface area (TPSA) is 27.7 Å². The van der Waals surface area contributed by atoms with Crippen LogP contribution in [0.2, 0.25) is 0 Å². The molecule has 4 atom stereocenters. The van der Waals surface area contributed by atoms with Crippen molar-refractivity contribution in [1.82, 2.24) is 15.1 Å². The van der Waals surface area contributed by atoms with Crippen LogP contribution >= 0.6 is 0 Å². The Morgan fingerprint density at radius 2 is 1.57 bits per heavy atom. The van der Waals surface area contributed by atoms with E-state index in [1.165, 1.54) is 0 Å². The number of piperazine rings is 1. The van der Waals surface area contributed by atoms with Crippen LogP contribution in [-0.4, -0.2) is 72.9 Å². The van der Waals surface area contributed by atoms with Gasteiger partial charge in [-0.1, -0.05) is 0 Å². The van der Waals surface area contributed by atoms with Gasteiger partial charge in [0.1, 0.15) is 0 Å². The second-order valence-corrected chi connectivity index (χ2v) is 8.26. The molecule has 2 aliphatic heterocycles. The maximum atomic E-state index is 6.37. The van der Waals surface area contributed by atoms with Crippen LogP contribution in [0.5, 0.6) is 0 Å². The molecule has 2 heterocycles. The van der Waals surface area contributed by atoms with Gasteiger partial charge in [-0.2, -0.15) is 0 Å². The van der Waals surface area contributed by atoms with Crippen molar-refractivity contribution in [3.8, 4) is 0 Å². The van der Waals surface area contributed by atoms with Gasteiger partial charge >= 0.3 is 0 Å². The van der Waals surface area contributed by atoms with Crippen molar-refractivity contribution in [1.29, 1.82) is 0 Å². The molecule has 2 rings (SSSR count). The Labute approximate surface area is 131 Å². The molecule has 2 fully saturated rings. The maximum Gasteiger partial charge on any atom is 0.0790 e. The standard InChI is InChI=1S/C17H35N3O/c1-12-9-20(10-13(2)19(12)8)11-14-15(18-7)17(5,6)21-16(14,3)4/h12-15,18H,9-11H2,1-8H3. The highest BCUT2D eigenvalue weighted by Crippen LogP contribution is 2.42. The Morgan fingerprint density at radius 1 is 1.05 bits per heavy atom. The summed E-state index contributed by atoms with van der Waals surface area (Å²) in [4.78, 5) is 5.13. The zero-order valence-corrected chi connectivity index (χ0v) is 15.2. The minimum absolute atomic E-state index is 0.0764. The summed E-state index contributed by atoms with van der Waals surface area (Å²) in [5, 5.41) is 3.52. The second-order valence-electron chi connectivity index (χ2n) is 8.26. The third kappa shape index (κ3) is 3.29. The molecule has 2 saturated heterocycles. The predicted molar refractivity (Wildman–Crippen MR) is 88.7 cm³/mol. The Morgan fingerprint density at radius 3 is 2.05 bits per heavy atom. The van der Waals surface area contributed by atoms with Crippen LogP contribution in [0.4, 0.5) is 0 Å². The average molecular weight is 297 g/mol. The third-order valence-corrected chi connectivity index (χ3v) is 5.77. The lowest BCUT2D eigenvalue weighted by molar-refractivity contribution is -0.0809. The SMILES string of the molecule is CNC1C(CN2CC(C)N(C)C(C)C2)C(C)(C)OC1(C)C. The molecule has 0 aromatic carbocycles. The van der Waals surface area contributed by atoms with Gasteiger partial charge < -0.3 is 10.1 Å². The van der Waals surface area contributed by atoms with Crippen molar-refractivity contribution in [3.63, 3.8) is 0 Å². The summed E-state index contributed by atoms with van der Waals surface area (Å²) in [6.07, 6.45) is 0. The molecule has 2 aliphatic rings. The van der Waals surface area contributed by atoms with Gasteiger partial charge in [0.2, 0.25) is 0 Å². The van der Waals surface area contributed by atoms with E-state index in [0.717, 1.165) is 19.6 Å². The highest BCUT2D eigenvalue weighted by Gasteiger charge is 2.53. The molecule has 1 N–H and O–H groups in total. The van der Waals surface area contributed by atoms with Gasteiger partial charge in [-0.3, -0.25) is 9.80 Å². The van der Waals surface area contributed by atoms with Crippen LogP contribution in [0.25, 0.3) is 0 Å². The van der Waals surface area contributed by atoms with Crippen molar-refractivity contribution in [2.24, 2.45) is 5.92 Å². The summed E-state index contributed by atoms with van der Waals surface area (Å²) in [6, 6.07) is 1.65. The van der Waals surface area contributed by atoms with Crippen molar-refractivity contribution in [2.45, 2.75) is 70.9 Å². The molecule has 0 saturated carbocycles. The van der Waals surface area contributed by atoms with E-state index in [1.54, 1.807) is 0 Å². The fourth-order valence-corrected chi connectivity index (χ4v) is 4.52. The number of ether oxygens (including phenoxy) is 1. The van der Waals surface area contributed by atoms with Gasteiger partial charge in [0.15, 0.2) is 0 Å². The molecule has 4 unspecified atom stereocenters. The fourth-order valence-electron chi connectivity index (χ4n) is 4.52. The average Bonchev–Trinajstić information content (AvgIpc) is 2.50. The quantitative estimate of drug-likeness (QED) is 0.860. The van der Waals surface area contributed by atoms with E-state index in [1.807, 2.05) is 0 Å². The van der Waals surface area contributed by atoms with E-state index in [-0.39, 0.29) is 11.2 Å². The summed E-state index contributed by atoms with van der Waals surface area (Å²) in [5.74, 6) is 0.514. The van der Waals surface area contributed by atoms with E-state index >= 15 is 0 Å². The molecule has 0 amide bonds. The van der Waals surface area contributed by atoms with Crippen LogP contribution in [0.15, 0.2) is 0 Å². The molecule has 4 heteroatoms. The van der Waals surface area contributed by atoms with Crippen LogP contribution in [0.3, 0.4) is 0 Å². The zero-order valence-electron chi connectivity index (χ0n) is 15.2. The molecule has 0 spiro atoms. The van der Waals surface area contributed by atoms with Crippen molar-refractivity contribution in [2.75, 3.05) is 33.7 Å². The van der Waals surface area contributed by atoms with Gasteiger partial charge in [-0.05, 0) is 55.6 Å². The highest BCUT2D eigenvalue weighted by atomic mass is 16.5. The van der Waals surface area contributed by atoms with Crippen LogP contribution in [0.1, 0.15) is 41.5 Å². The van der Waals surface area contributed by atoms with E-state index in [9.17, 15) is 0 Å². The first-order chi connectivity index (χ1) is 9.58. The lowest BCUT2D eigenvalue weighted by Gasteiger charge is -2.44. The minimum Gasteiger partial charge on any atom is -0.368 e. The number of likely N-dealkylation sites (N-methyl/N-ethyl adjacent to an activating group) is 2. The Hall–Kier alpha value is -0.160. The van der Waals surface area contributed by atoms with E-state index < -0.39 is 0 Å². The van der Waals surface area contributed by atoms with Crippen molar-refractivity contribution < 1.29 is 4.74 Å². The largest absolute Gasteiger partial charge is 0.368 e. The lowest BCUT2D eigenvalue weighted by Crippen LogP contribution is -2.58. The molecule has 0 radical (unpaired) electrons. The molecule has 21 heavy (non-hydrogen) atoms. The summed E-state index contributed by atoms with van der Waals surface area (Å²) >= 11 is 0. The first kappa shape index (κ1) is 17.2. The molecule has 124 valence electrons. The monoisotopic (exact) mass is 297 g/mol. The molecule has 0 bridgehead atoms. The second kappa shape index (κ2) is 5.80. The summed E-state index contributed by atoms with van der Waals surface area (Å²) in [5.41, 5.74) is -0.181. The van der Waals surface area contributed by atoms with Gasteiger partial charge in [0.05, 0.1) is 11.2 Å². The number of nitrogens with one attached hydrogen (secondary N) is 1. The molecule has 4 nitrogen and oxygen atoms in total. The first-order valence-corrected chi connectivity index (χ1v) is 8.40. The smallest absolute Gasteiger partial charge is 0.0790 e. The maximum absolute atomic E-state index is 6.37. The summed E-state index contributed by atoms with van der Waals surface area (Å²) < 4.78 is 6.37. The normalized spacial score (nSPS) is 40.6. The minimum atomic E-state index is -0.104. The number of hydrogen-bond acceptors (Lipinski definition) is 4. The Balaban J connectivity index is 2.10.